The van der Waals surface area contributed by atoms with E-state index >= 15 is 0 Å². The average Bonchev–Trinajstić information content (AvgIpc) is 2.73. The molecule has 0 aliphatic rings. The van der Waals surface area contributed by atoms with E-state index in [9.17, 15) is 9.59 Å². The van der Waals surface area contributed by atoms with Gasteiger partial charge in [-0.15, -0.1) is 0 Å². The smallest absolute Gasteiger partial charge is 0.262 e. The van der Waals surface area contributed by atoms with E-state index < -0.39 is 0 Å². The third-order valence-electron chi connectivity index (χ3n) is 4.45. The molecule has 0 saturated carbocycles. The van der Waals surface area contributed by atoms with Crippen molar-refractivity contribution in [1.82, 2.24) is 9.55 Å². The number of aromatic nitrogens is 2. The number of amides is 1. The Bertz CT molecular complexity index is 1120. The number of hydrazone groups is 1. The van der Waals surface area contributed by atoms with Crippen molar-refractivity contribution in [2.24, 2.45) is 5.10 Å². The molecule has 162 valence electrons. The van der Waals surface area contributed by atoms with Gasteiger partial charge in [0.1, 0.15) is 0 Å². The zero-order valence-electron chi connectivity index (χ0n) is 18.0. The van der Waals surface area contributed by atoms with Crippen molar-refractivity contribution >= 4 is 34.7 Å². The van der Waals surface area contributed by atoms with Crippen molar-refractivity contribution < 1.29 is 9.53 Å². The Morgan fingerprint density at radius 3 is 2.65 bits per heavy atom. The second-order valence-electron chi connectivity index (χ2n) is 7.36. The lowest BCUT2D eigenvalue weighted by Crippen LogP contribution is -2.25. The number of ether oxygens (including phenoxy) is 1. The number of carbonyl (C=O) groups excluding carboxylic acids is 1. The minimum atomic E-state index is -0.123. The molecule has 0 unspecified atom stereocenters. The lowest BCUT2D eigenvalue weighted by Gasteiger charge is -2.13. The van der Waals surface area contributed by atoms with Crippen molar-refractivity contribution in [1.29, 1.82) is 0 Å². The van der Waals surface area contributed by atoms with Crippen LogP contribution in [0.25, 0.3) is 10.9 Å². The maximum absolute atomic E-state index is 13.0. The first-order valence-corrected chi connectivity index (χ1v) is 10.2. The molecule has 1 aromatic heterocycles. The summed E-state index contributed by atoms with van der Waals surface area (Å²) in [5.41, 5.74) is 4.94. The van der Waals surface area contributed by atoms with Crippen LogP contribution in [0.2, 0.25) is 0 Å². The number of anilines is 2. The number of para-hydroxylation sites is 1. The Hall–Kier alpha value is -3.52. The number of nitrogens with one attached hydrogen (secondary N) is 2. The Morgan fingerprint density at radius 1 is 1.19 bits per heavy atom. The molecule has 8 heteroatoms. The number of benzene rings is 2. The van der Waals surface area contributed by atoms with E-state index in [0.29, 0.717) is 42.1 Å². The maximum atomic E-state index is 13.0. The molecule has 8 nitrogen and oxygen atoms in total. The summed E-state index contributed by atoms with van der Waals surface area (Å²) < 4.78 is 7.18. The van der Waals surface area contributed by atoms with Crippen LogP contribution in [0, 0.1) is 0 Å². The first-order chi connectivity index (χ1) is 14.9. The Labute approximate surface area is 181 Å². The maximum Gasteiger partial charge on any atom is 0.262 e. The van der Waals surface area contributed by atoms with Crippen LogP contribution in [0.15, 0.2) is 58.4 Å². The molecule has 3 aromatic rings. The fourth-order valence-corrected chi connectivity index (χ4v) is 3.02. The normalized spacial score (nSPS) is 11.4. The predicted octanol–water partition coefficient (Wildman–Crippen LogP) is 3.62. The second-order valence-corrected chi connectivity index (χ2v) is 7.36. The number of fused-ring (bicyclic) bond motifs is 1. The minimum Gasteiger partial charge on any atom is -0.379 e. The zero-order chi connectivity index (χ0) is 22.2. The molecule has 31 heavy (non-hydrogen) atoms. The highest BCUT2D eigenvalue weighted by Crippen LogP contribution is 2.12. The molecular weight excluding hydrogens is 394 g/mol. The van der Waals surface area contributed by atoms with Gasteiger partial charge in [0.2, 0.25) is 11.9 Å². The quantitative estimate of drug-likeness (QED) is 0.312. The van der Waals surface area contributed by atoms with Gasteiger partial charge in [0.05, 0.1) is 23.2 Å². The van der Waals surface area contributed by atoms with Gasteiger partial charge in [0.15, 0.2) is 0 Å². The summed E-state index contributed by atoms with van der Waals surface area (Å²) in [6, 6.07) is 14.5. The van der Waals surface area contributed by atoms with Gasteiger partial charge in [-0.2, -0.15) is 5.10 Å². The van der Waals surface area contributed by atoms with Crippen LogP contribution in [0.1, 0.15) is 32.8 Å². The first-order valence-electron chi connectivity index (χ1n) is 10.2. The average molecular weight is 422 g/mol. The van der Waals surface area contributed by atoms with E-state index in [-0.39, 0.29) is 17.6 Å². The number of hydrogen-bond donors (Lipinski definition) is 2. The zero-order valence-corrected chi connectivity index (χ0v) is 18.0. The molecule has 1 amide bonds. The Kier molecular flexibility index (Phi) is 7.50. The molecule has 0 atom stereocenters. The molecule has 2 aromatic carbocycles. The summed E-state index contributed by atoms with van der Waals surface area (Å²) >= 11 is 0. The van der Waals surface area contributed by atoms with E-state index in [4.69, 9.17) is 4.74 Å². The molecule has 0 saturated heterocycles. The van der Waals surface area contributed by atoms with Crippen LogP contribution >= 0.6 is 0 Å². The van der Waals surface area contributed by atoms with Crippen LogP contribution < -0.4 is 16.3 Å². The molecule has 2 N–H and O–H groups in total. The fraction of sp³-hybridized carbons (Fsp3) is 0.304. The molecule has 0 aliphatic carbocycles. The summed E-state index contributed by atoms with van der Waals surface area (Å²) in [6.07, 6.45) is 2.46. The van der Waals surface area contributed by atoms with E-state index in [2.05, 4.69) is 20.8 Å². The number of nitrogens with zero attached hydrogens (tertiary/aromatic N) is 3. The molecule has 0 spiro atoms. The summed E-state index contributed by atoms with van der Waals surface area (Å²) in [5, 5.41) is 7.54. The van der Waals surface area contributed by atoms with Crippen molar-refractivity contribution in [3.8, 4) is 0 Å². The van der Waals surface area contributed by atoms with Crippen molar-refractivity contribution in [3.63, 3.8) is 0 Å². The molecule has 1 heterocycles. The predicted molar refractivity (Wildman–Crippen MR) is 124 cm³/mol. The lowest BCUT2D eigenvalue weighted by molar-refractivity contribution is -0.114. The van der Waals surface area contributed by atoms with Gasteiger partial charge in [-0.1, -0.05) is 24.3 Å². The fourth-order valence-electron chi connectivity index (χ4n) is 3.02. The molecular formula is C23H27N5O3. The topological polar surface area (TPSA) is 97.6 Å². The number of rotatable bonds is 9. The molecule has 0 aliphatic heterocycles. The summed E-state index contributed by atoms with van der Waals surface area (Å²) in [7, 11) is 0. The summed E-state index contributed by atoms with van der Waals surface area (Å²) in [4.78, 5) is 28.7. The van der Waals surface area contributed by atoms with Gasteiger partial charge in [-0.3, -0.25) is 14.2 Å². The van der Waals surface area contributed by atoms with Gasteiger partial charge in [-0.05, 0) is 50.1 Å². The standard InChI is InChI=1S/C23H27N5O3/c1-16(2)31-14-6-13-28-22(30)20-7-4-5-8-21(20)26-23(28)27-24-15-18-9-11-19(12-10-18)25-17(3)29/h4-5,7-12,15-16H,6,13-14H2,1-3H3,(H,25,29)(H,26,27)/b24-15-. The van der Waals surface area contributed by atoms with Gasteiger partial charge in [0, 0.05) is 25.8 Å². The number of hydrogen-bond acceptors (Lipinski definition) is 6. The Balaban J connectivity index is 1.79. The minimum absolute atomic E-state index is 0.118. The summed E-state index contributed by atoms with van der Waals surface area (Å²) in [5.74, 6) is 0.251. The van der Waals surface area contributed by atoms with Gasteiger partial charge in [-0.25, -0.2) is 10.4 Å². The van der Waals surface area contributed by atoms with E-state index in [0.717, 1.165) is 5.56 Å². The summed E-state index contributed by atoms with van der Waals surface area (Å²) in [6.45, 7) is 6.44. The molecule has 0 radical (unpaired) electrons. The van der Waals surface area contributed by atoms with Gasteiger partial charge in [0.25, 0.3) is 5.56 Å². The van der Waals surface area contributed by atoms with Crippen LogP contribution in [-0.4, -0.2) is 34.4 Å². The Morgan fingerprint density at radius 2 is 1.94 bits per heavy atom. The monoisotopic (exact) mass is 421 g/mol. The van der Waals surface area contributed by atoms with E-state index in [1.165, 1.54) is 6.92 Å². The third kappa shape index (κ3) is 6.23. The van der Waals surface area contributed by atoms with E-state index in [1.54, 1.807) is 35.0 Å². The lowest BCUT2D eigenvalue weighted by atomic mass is 10.2. The molecule has 0 bridgehead atoms. The third-order valence-corrected chi connectivity index (χ3v) is 4.45. The second kappa shape index (κ2) is 10.5. The van der Waals surface area contributed by atoms with Crippen molar-refractivity contribution in [3.05, 3.63) is 64.4 Å². The highest BCUT2D eigenvalue weighted by atomic mass is 16.5. The number of carbonyl (C=O) groups is 1. The first kappa shape index (κ1) is 22.2. The SMILES string of the molecule is CC(=O)Nc1ccc(/C=N\Nc2nc3ccccc3c(=O)n2CCCOC(C)C)cc1. The van der Waals surface area contributed by atoms with Crippen molar-refractivity contribution in [2.45, 2.75) is 39.8 Å². The van der Waals surface area contributed by atoms with Crippen LogP contribution in [0.5, 0.6) is 0 Å². The van der Waals surface area contributed by atoms with Crippen molar-refractivity contribution in [2.75, 3.05) is 17.3 Å². The van der Waals surface area contributed by atoms with Crippen LogP contribution in [0.3, 0.4) is 0 Å². The highest BCUT2D eigenvalue weighted by molar-refractivity contribution is 5.89. The largest absolute Gasteiger partial charge is 0.379 e. The van der Waals surface area contributed by atoms with Gasteiger partial charge < -0.3 is 10.1 Å². The highest BCUT2D eigenvalue weighted by Gasteiger charge is 2.10. The van der Waals surface area contributed by atoms with E-state index in [1.807, 2.05) is 38.1 Å². The van der Waals surface area contributed by atoms with Crippen LogP contribution in [-0.2, 0) is 16.1 Å². The molecule has 0 fully saturated rings. The van der Waals surface area contributed by atoms with Gasteiger partial charge >= 0.3 is 0 Å². The van der Waals surface area contributed by atoms with Crippen LogP contribution in [0.4, 0.5) is 11.6 Å². The molecule has 3 rings (SSSR count).